The molecular formula is C20H40IN5. The number of hydrogen-bond donors (Lipinski definition) is 2. The second-order valence-electron chi connectivity index (χ2n) is 8.47. The minimum Gasteiger partial charge on any atom is -0.356 e. The van der Waals surface area contributed by atoms with Gasteiger partial charge in [0.25, 0.3) is 0 Å². The Bertz CT molecular complexity index is 416. The standard InChI is InChI=1S/C20H39N5.HI/c1-21-20(22-15-17-7-6-12-24(2)16-17)23-18-10-13-25(14-11-18)19-8-4-3-5-9-19;/h17-19H,3-16H2,1-2H3,(H2,21,22,23);1H. The first-order chi connectivity index (χ1) is 12.2. The molecule has 1 saturated carbocycles. The maximum absolute atomic E-state index is 4.46. The van der Waals surface area contributed by atoms with Crippen molar-refractivity contribution in [2.75, 3.05) is 46.8 Å². The van der Waals surface area contributed by atoms with Crippen molar-refractivity contribution >= 4 is 29.9 Å². The van der Waals surface area contributed by atoms with Gasteiger partial charge in [0, 0.05) is 45.3 Å². The Morgan fingerprint density at radius 2 is 1.69 bits per heavy atom. The van der Waals surface area contributed by atoms with E-state index in [1.165, 1.54) is 84.0 Å². The molecular weight excluding hydrogens is 437 g/mol. The van der Waals surface area contributed by atoms with E-state index < -0.39 is 0 Å². The number of hydrogen-bond acceptors (Lipinski definition) is 3. The van der Waals surface area contributed by atoms with Gasteiger partial charge >= 0.3 is 0 Å². The molecule has 0 amide bonds. The van der Waals surface area contributed by atoms with Crippen molar-refractivity contribution in [2.45, 2.75) is 69.9 Å². The third-order valence-electron chi connectivity index (χ3n) is 6.47. The van der Waals surface area contributed by atoms with Gasteiger partial charge in [0.05, 0.1) is 0 Å². The summed E-state index contributed by atoms with van der Waals surface area (Å²) in [6.07, 6.45) is 12.4. The zero-order chi connectivity index (χ0) is 17.5. The molecule has 3 rings (SSSR count). The Morgan fingerprint density at radius 3 is 2.35 bits per heavy atom. The Morgan fingerprint density at radius 1 is 0.962 bits per heavy atom. The molecule has 0 aromatic rings. The lowest BCUT2D eigenvalue weighted by atomic mass is 9.92. The average molecular weight is 477 g/mol. The largest absolute Gasteiger partial charge is 0.356 e. The van der Waals surface area contributed by atoms with E-state index in [9.17, 15) is 0 Å². The van der Waals surface area contributed by atoms with E-state index in [0.29, 0.717) is 6.04 Å². The van der Waals surface area contributed by atoms with Gasteiger partial charge < -0.3 is 20.4 Å². The van der Waals surface area contributed by atoms with E-state index in [4.69, 9.17) is 0 Å². The van der Waals surface area contributed by atoms with Crippen molar-refractivity contribution in [2.24, 2.45) is 10.9 Å². The predicted octanol–water partition coefficient (Wildman–Crippen LogP) is 2.91. The summed E-state index contributed by atoms with van der Waals surface area (Å²) in [7, 11) is 4.14. The molecule has 0 bridgehead atoms. The van der Waals surface area contributed by atoms with Crippen molar-refractivity contribution in [3.05, 3.63) is 0 Å². The van der Waals surface area contributed by atoms with Crippen molar-refractivity contribution in [3.8, 4) is 0 Å². The van der Waals surface area contributed by atoms with Gasteiger partial charge in [-0.3, -0.25) is 4.99 Å². The molecule has 2 heterocycles. The summed E-state index contributed by atoms with van der Waals surface area (Å²) in [4.78, 5) is 9.67. The summed E-state index contributed by atoms with van der Waals surface area (Å²) >= 11 is 0. The fourth-order valence-electron chi connectivity index (χ4n) is 4.92. The number of rotatable bonds is 4. The van der Waals surface area contributed by atoms with Crippen LogP contribution in [0, 0.1) is 5.92 Å². The zero-order valence-electron chi connectivity index (χ0n) is 16.9. The molecule has 0 radical (unpaired) electrons. The number of nitrogens with zero attached hydrogens (tertiary/aromatic N) is 3. The van der Waals surface area contributed by atoms with Crippen LogP contribution in [0.1, 0.15) is 57.8 Å². The Kier molecular flexibility index (Phi) is 9.99. The van der Waals surface area contributed by atoms with Crippen LogP contribution in [0.25, 0.3) is 0 Å². The number of nitrogens with one attached hydrogen (secondary N) is 2. The van der Waals surface area contributed by atoms with E-state index in [1.54, 1.807) is 0 Å². The second-order valence-corrected chi connectivity index (χ2v) is 8.47. The van der Waals surface area contributed by atoms with Crippen LogP contribution < -0.4 is 10.6 Å². The predicted molar refractivity (Wildman–Crippen MR) is 122 cm³/mol. The Balaban J connectivity index is 0.00000243. The minimum atomic E-state index is 0. The molecule has 26 heavy (non-hydrogen) atoms. The van der Waals surface area contributed by atoms with Gasteiger partial charge in [-0.15, -0.1) is 24.0 Å². The molecule has 2 saturated heterocycles. The van der Waals surface area contributed by atoms with Crippen LogP contribution >= 0.6 is 24.0 Å². The maximum atomic E-state index is 4.46. The Labute approximate surface area is 177 Å². The summed E-state index contributed by atoms with van der Waals surface area (Å²) in [6, 6.07) is 1.45. The fourth-order valence-corrected chi connectivity index (χ4v) is 4.92. The molecule has 6 heteroatoms. The number of guanidine groups is 1. The number of aliphatic imine (C=N–C) groups is 1. The summed E-state index contributed by atoms with van der Waals surface area (Å²) in [6.45, 7) is 6.03. The van der Waals surface area contributed by atoms with E-state index >= 15 is 0 Å². The lowest BCUT2D eigenvalue weighted by Crippen LogP contribution is -2.51. The van der Waals surface area contributed by atoms with Crippen LogP contribution in [0.5, 0.6) is 0 Å². The highest BCUT2D eigenvalue weighted by Gasteiger charge is 2.26. The van der Waals surface area contributed by atoms with E-state index in [0.717, 1.165) is 24.5 Å². The molecule has 152 valence electrons. The van der Waals surface area contributed by atoms with Crippen LogP contribution in [-0.2, 0) is 0 Å². The van der Waals surface area contributed by atoms with Crippen molar-refractivity contribution in [1.82, 2.24) is 20.4 Å². The summed E-state index contributed by atoms with van der Waals surface area (Å²) in [5.41, 5.74) is 0. The van der Waals surface area contributed by atoms with Gasteiger partial charge in [0.2, 0.25) is 0 Å². The molecule has 3 fully saturated rings. The normalized spacial score (nSPS) is 27.8. The number of likely N-dealkylation sites (tertiary alicyclic amines) is 2. The Hall–Kier alpha value is -0.0800. The minimum absolute atomic E-state index is 0. The quantitative estimate of drug-likeness (QED) is 0.371. The SMILES string of the molecule is CN=C(NCC1CCCN(C)C1)NC1CCN(C2CCCCC2)CC1.I. The average Bonchev–Trinajstić information content (AvgIpc) is 2.66. The van der Waals surface area contributed by atoms with Crippen LogP contribution in [0.15, 0.2) is 4.99 Å². The first kappa shape index (κ1) is 22.2. The fraction of sp³-hybridized carbons (Fsp3) is 0.950. The smallest absolute Gasteiger partial charge is 0.191 e. The third kappa shape index (κ3) is 6.82. The van der Waals surface area contributed by atoms with Crippen molar-refractivity contribution < 1.29 is 0 Å². The molecule has 5 nitrogen and oxygen atoms in total. The highest BCUT2D eigenvalue weighted by Crippen LogP contribution is 2.25. The van der Waals surface area contributed by atoms with E-state index in [-0.39, 0.29) is 24.0 Å². The van der Waals surface area contributed by atoms with Gasteiger partial charge in [-0.1, -0.05) is 19.3 Å². The van der Waals surface area contributed by atoms with Crippen LogP contribution in [0.4, 0.5) is 0 Å². The van der Waals surface area contributed by atoms with Gasteiger partial charge in [-0.2, -0.15) is 0 Å². The molecule has 1 aliphatic carbocycles. The number of halogens is 1. The lowest BCUT2D eigenvalue weighted by molar-refractivity contribution is 0.119. The third-order valence-corrected chi connectivity index (χ3v) is 6.47. The van der Waals surface area contributed by atoms with Gasteiger partial charge in [-0.05, 0) is 58.0 Å². The monoisotopic (exact) mass is 477 g/mol. The molecule has 2 N–H and O–H groups in total. The summed E-state index contributed by atoms with van der Waals surface area (Å²) < 4.78 is 0. The molecule has 1 atom stereocenters. The topological polar surface area (TPSA) is 42.9 Å². The molecule has 0 aromatic carbocycles. The van der Waals surface area contributed by atoms with Gasteiger partial charge in [0.1, 0.15) is 0 Å². The zero-order valence-corrected chi connectivity index (χ0v) is 19.2. The van der Waals surface area contributed by atoms with Gasteiger partial charge in [0.15, 0.2) is 5.96 Å². The summed E-state index contributed by atoms with van der Waals surface area (Å²) in [5.74, 6) is 1.76. The highest BCUT2D eigenvalue weighted by atomic mass is 127. The first-order valence-corrected chi connectivity index (χ1v) is 10.6. The first-order valence-electron chi connectivity index (χ1n) is 10.6. The molecule has 2 aliphatic heterocycles. The van der Waals surface area contributed by atoms with E-state index in [2.05, 4.69) is 32.5 Å². The summed E-state index contributed by atoms with van der Waals surface area (Å²) in [5, 5.41) is 7.26. The van der Waals surface area contributed by atoms with E-state index in [1.807, 2.05) is 7.05 Å². The van der Waals surface area contributed by atoms with Crippen LogP contribution in [0.2, 0.25) is 0 Å². The highest BCUT2D eigenvalue weighted by molar-refractivity contribution is 14.0. The molecule has 0 aromatic heterocycles. The van der Waals surface area contributed by atoms with Crippen LogP contribution in [0.3, 0.4) is 0 Å². The molecule has 0 spiro atoms. The number of piperidine rings is 2. The van der Waals surface area contributed by atoms with Crippen LogP contribution in [-0.4, -0.2) is 74.7 Å². The van der Waals surface area contributed by atoms with Gasteiger partial charge in [-0.25, -0.2) is 0 Å². The van der Waals surface area contributed by atoms with Crippen molar-refractivity contribution in [1.29, 1.82) is 0 Å². The van der Waals surface area contributed by atoms with Crippen molar-refractivity contribution in [3.63, 3.8) is 0 Å². The lowest BCUT2D eigenvalue weighted by Gasteiger charge is -2.39. The molecule has 3 aliphatic rings. The molecule has 1 unspecified atom stereocenters. The second kappa shape index (κ2) is 11.7. The maximum Gasteiger partial charge on any atom is 0.191 e.